The Bertz CT molecular complexity index is 769. The van der Waals surface area contributed by atoms with Gasteiger partial charge in [0, 0.05) is 18.0 Å². The van der Waals surface area contributed by atoms with Crippen molar-refractivity contribution in [2.45, 2.75) is 6.92 Å². The van der Waals surface area contributed by atoms with Crippen molar-refractivity contribution in [3.05, 3.63) is 47.2 Å². The highest BCUT2D eigenvalue weighted by Crippen LogP contribution is 2.31. The number of anilines is 1. The monoisotopic (exact) mass is 286 g/mol. The fraction of sp³-hybridized carbons (Fsp3) is 0.0714. The van der Waals surface area contributed by atoms with Crippen LogP contribution in [-0.2, 0) is 0 Å². The van der Waals surface area contributed by atoms with Gasteiger partial charge in [-0.2, -0.15) is 4.98 Å². The molecular formula is C14H11ClN4O. The Morgan fingerprint density at radius 1 is 1.20 bits per heavy atom. The van der Waals surface area contributed by atoms with Gasteiger partial charge < -0.3 is 10.3 Å². The first-order chi connectivity index (χ1) is 9.66. The fourth-order valence-electron chi connectivity index (χ4n) is 1.89. The predicted octanol–water partition coefficient (Wildman–Crippen LogP) is 3.34. The van der Waals surface area contributed by atoms with Crippen molar-refractivity contribution < 1.29 is 4.52 Å². The average Bonchev–Trinajstić information content (AvgIpc) is 2.92. The van der Waals surface area contributed by atoms with Crippen LogP contribution in [0.1, 0.15) is 5.56 Å². The van der Waals surface area contributed by atoms with Crippen LogP contribution in [0.25, 0.3) is 22.8 Å². The zero-order valence-corrected chi connectivity index (χ0v) is 11.4. The number of nitrogens with two attached hydrogens (primary N) is 1. The minimum atomic E-state index is 0.344. The molecule has 2 heterocycles. The summed E-state index contributed by atoms with van der Waals surface area (Å²) >= 11 is 5.99. The molecule has 2 aromatic heterocycles. The summed E-state index contributed by atoms with van der Waals surface area (Å²) in [5, 5.41) is 4.44. The SMILES string of the molecule is Cc1cnccc1-c1noc(-c2cccc(Cl)c2N)n1. The number of halogens is 1. The first-order valence-electron chi connectivity index (χ1n) is 5.96. The molecule has 0 saturated carbocycles. The predicted molar refractivity (Wildman–Crippen MR) is 77.1 cm³/mol. The maximum Gasteiger partial charge on any atom is 0.260 e. The lowest BCUT2D eigenvalue weighted by molar-refractivity contribution is 0.432. The molecule has 5 nitrogen and oxygen atoms in total. The number of para-hydroxylation sites is 1. The summed E-state index contributed by atoms with van der Waals surface area (Å²) in [7, 11) is 0. The molecule has 0 unspecified atom stereocenters. The Balaban J connectivity index is 2.07. The third kappa shape index (κ3) is 2.12. The van der Waals surface area contributed by atoms with Crippen LogP contribution < -0.4 is 5.73 Å². The van der Waals surface area contributed by atoms with Gasteiger partial charge in [0.05, 0.1) is 16.3 Å². The standard InChI is InChI=1S/C14H11ClN4O/c1-8-7-17-6-5-9(8)13-18-14(20-19-13)10-3-2-4-11(15)12(10)16/h2-7H,16H2,1H3. The Labute approximate surface area is 120 Å². The molecule has 100 valence electrons. The lowest BCUT2D eigenvalue weighted by Crippen LogP contribution is -1.91. The molecule has 0 atom stereocenters. The second-order valence-corrected chi connectivity index (χ2v) is 4.72. The second-order valence-electron chi connectivity index (χ2n) is 4.31. The van der Waals surface area contributed by atoms with E-state index in [2.05, 4.69) is 15.1 Å². The Morgan fingerprint density at radius 2 is 2.05 bits per heavy atom. The average molecular weight is 287 g/mol. The van der Waals surface area contributed by atoms with E-state index in [1.54, 1.807) is 30.6 Å². The number of benzene rings is 1. The number of aromatic nitrogens is 3. The van der Waals surface area contributed by atoms with Gasteiger partial charge in [-0.3, -0.25) is 4.98 Å². The molecule has 0 radical (unpaired) electrons. The quantitative estimate of drug-likeness (QED) is 0.731. The molecule has 0 aliphatic heterocycles. The highest BCUT2D eigenvalue weighted by atomic mass is 35.5. The van der Waals surface area contributed by atoms with Crippen molar-refractivity contribution in [1.29, 1.82) is 0 Å². The molecule has 3 rings (SSSR count). The maximum atomic E-state index is 5.99. The van der Waals surface area contributed by atoms with Crippen LogP contribution in [-0.4, -0.2) is 15.1 Å². The van der Waals surface area contributed by atoms with Gasteiger partial charge >= 0.3 is 0 Å². The second kappa shape index (κ2) is 4.94. The smallest absolute Gasteiger partial charge is 0.260 e. The molecule has 0 spiro atoms. The summed E-state index contributed by atoms with van der Waals surface area (Å²) in [5.74, 6) is 0.843. The number of pyridine rings is 1. The Morgan fingerprint density at radius 3 is 2.85 bits per heavy atom. The van der Waals surface area contributed by atoms with Crippen molar-refractivity contribution in [2.24, 2.45) is 0 Å². The van der Waals surface area contributed by atoms with E-state index in [-0.39, 0.29) is 0 Å². The van der Waals surface area contributed by atoms with Crippen LogP contribution in [0.5, 0.6) is 0 Å². The molecule has 1 aromatic carbocycles. The molecule has 0 saturated heterocycles. The summed E-state index contributed by atoms with van der Waals surface area (Å²) in [4.78, 5) is 8.41. The molecule has 0 aliphatic rings. The topological polar surface area (TPSA) is 77.8 Å². The molecule has 0 aliphatic carbocycles. The van der Waals surface area contributed by atoms with E-state index in [1.807, 2.05) is 13.0 Å². The first-order valence-corrected chi connectivity index (χ1v) is 6.33. The number of aryl methyl sites for hydroxylation is 1. The summed E-state index contributed by atoms with van der Waals surface area (Å²) in [6.07, 6.45) is 3.44. The van der Waals surface area contributed by atoms with Gasteiger partial charge in [0.1, 0.15) is 0 Å². The maximum absolute atomic E-state index is 5.99. The van der Waals surface area contributed by atoms with E-state index in [0.717, 1.165) is 11.1 Å². The third-order valence-electron chi connectivity index (χ3n) is 2.97. The van der Waals surface area contributed by atoms with E-state index < -0.39 is 0 Å². The van der Waals surface area contributed by atoms with Gasteiger partial charge in [0.25, 0.3) is 5.89 Å². The fourth-order valence-corrected chi connectivity index (χ4v) is 2.06. The Kier molecular flexibility index (Phi) is 3.12. The van der Waals surface area contributed by atoms with Crippen LogP contribution >= 0.6 is 11.6 Å². The molecule has 0 amide bonds. The molecule has 20 heavy (non-hydrogen) atoms. The van der Waals surface area contributed by atoms with E-state index in [9.17, 15) is 0 Å². The zero-order chi connectivity index (χ0) is 14.1. The van der Waals surface area contributed by atoms with Crippen molar-refractivity contribution in [2.75, 3.05) is 5.73 Å². The van der Waals surface area contributed by atoms with E-state index >= 15 is 0 Å². The van der Waals surface area contributed by atoms with E-state index in [1.165, 1.54) is 0 Å². The van der Waals surface area contributed by atoms with Crippen molar-refractivity contribution >= 4 is 17.3 Å². The number of nitrogens with zero attached hydrogens (tertiary/aromatic N) is 3. The molecule has 2 N–H and O–H groups in total. The molecule has 0 bridgehead atoms. The number of nitrogen functional groups attached to an aromatic ring is 1. The summed E-state index contributed by atoms with van der Waals surface area (Å²) in [6, 6.07) is 7.13. The number of rotatable bonds is 2. The van der Waals surface area contributed by atoms with Gasteiger partial charge in [0.15, 0.2) is 0 Å². The van der Waals surface area contributed by atoms with Crippen LogP contribution in [0.2, 0.25) is 5.02 Å². The van der Waals surface area contributed by atoms with Gasteiger partial charge in [-0.25, -0.2) is 0 Å². The number of hydrogen-bond acceptors (Lipinski definition) is 5. The first kappa shape index (κ1) is 12.6. The van der Waals surface area contributed by atoms with Gasteiger partial charge in [-0.15, -0.1) is 0 Å². The molecular weight excluding hydrogens is 276 g/mol. The van der Waals surface area contributed by atoms with Crippen molar-refractivity contribution in [3.8, 4) is 22.8 Å². The highest BCUT2D eigenvalue weighted by molar-refractivity contribution is 6.33. The third-order valence-corrected chi connectivity index (χ3v) is 3.30. The summed E-state index contributed by atoms with van der Waals surface area (Å²) in [6.45, 7) is 1.94. The van der Waals surface area contributed by atoms with Gasteiger partial charge in [-0.05, 0) is 30.7 Å². The van der Waals surface area contributed by atoms with Crippen LogP contribution in [0.15, 0.2) is 41.2 Å². The van der Waals surface area contributed by atoms with E-state index in [4.69, 9.17) is 21.9 Å². The minimum Gasteiger partial charge on any atom is -0.397 e. The molecule has 6 heteroatoms. The molecule has 3 aromatic rings. The van der Waals surface area contributed by atoms with Crippen LogP contribution in [0, 0.1) is 6.92 Å². The summed E-state index contributed by atoms with van der Waals surface area (Å²) in [5.41, 5.74) is 8.82. The van der Waals surface area contributed by atoms with Gasteiger partial charge in [-0.1, -0.05) is 22.8 Å². The number of hydrogen-bond donors (Lipinski definition) is 1. The van der Waals surface area contributed by atoms with Crippen molar-refractivity contribution in [3.63, 3.8) is 0 Å². The Hall–Kier alpha value is -2.40. The minimum absolute atomic E-state index is 0.344. The van der Waals surface area contributed by atoms with Gasteiger partial charge in [0.2, 0.25) is 5.82 Å². The largest absolute Gasteiger partial charge is 0.397 e. The van der Waals surface area contributed by atoms with E-state index in [0.29, 0.717) is 28.0 Å². The van der Waals surface area contributed by atoms with Crippen LogP contribution in [0.4, 0.5) is 5.69 Å². The lowest BCUT2D eigenvalue weighted by atomic mass is 10.1. The van der Waals surface area contributed by atoms with Crippen LogP contribution in [0.3, 0.4) is 0 Å². The van der Waals surface area contributed by atoms with Crippen molar-refractivity contribution in [1.82, 2.24) is 15.1 Å². The summed E-state index contributed by atoms with van der Waals surface area (Å²) < 4.78 is 5.28. The lowest BCUT2D eigenvalue weighted by Gasteiger charge is -2.01. The zero-order valence-electron chi connectivity index (χ0n) is 10.7. The highest BCUT2D eigenvalue weighted by Gasteiger charge is 2.15. The normalized spacial score (nSPS) is 10.7. The molecule has 0 fully saturated rings.